The van der Waals surface area contributed by atoms with Crippen LogP contribution in [0.25, 0.3) is 16.2 Å². The van der Waals surface area contributed by atoms with Gasteiger partial charge in [-0.25, -0.2) is 8.91 Å². The van der Waals surface area contributed by atoms with Crippen LogP contribution in [-0.4, -0.2) is 27.6 Å². The van der Waals surface area contributed by atoms with Crippen LogP contribution in [0.1, 0.15) is 10.4 Å². The fourth-order valence-electron chi connectivity index (χ4n) is 2.47. The highest BCUT2D eigenvalue weighted by molar-refractivity contribution is 7.15. The maximum Gasteiger partial charge on any atom is 0.258 e. The number of fused-ring (bicyclic) bond motifs is 1. The average Bonchev–Trinajstić information content (AvgIpc) is 3.22. The highest BCUT2D eigenvalue weighted by atomic mass is 32.1. The van der Waals surface area contributed by atoms with Gasteiger partial charge in [0.25, 0.3) is 11.9 Å². The molecule has 0 bridgehead atoms. The van der Waals surface area contributed by atoms with E-state index in [1.54, 1.807) is 11.6 Å². The number of anilines is 1. The number of methoxy groups -OCH3 is 1. The van der Waals surface area contributed by atoms with E-state index >= 15 is 0 Å². The molecule has 0 aliphatic heterocycles. The molecular weight excluding hydrogens is 355 g/mol. The maximum absolute atomic E-state index is 13.0. The first-order valence-corrected chi connectivity index (χ1v) is 8.57. The summed E-state index contributed by atoms with van der Waals surface area (Å²) in [5.41, 5.74) is 2.15. The molecule has 4 rings (SSSR count). The number of nitrogens with zero attached hydrogens (tertiary/aromatic N) is 3. The molecule has 6 nitrogen and oxygen atoms in total. The summed E-state index contributed by atoms with van der Waals surface area (Å²) in [4.78, 5) is 17.2. The predicted octanol–water partition coefficient (Wildman–Crippen LogP) is 3.86. The van der Waals surface area contributed by atoms with Crippen molar-refractivity contribution in [2.24, 2.45) is 0 Å². The third-order valence-electron chi connectivity index (χ3n) is 3.80. The summed E-state index contributed by atoms with van der Waals surface area (Å²) in [6, 6.07) is 12.9. The fourth-order valence-corrected chi connectivity index (χ4v) is 3.30. The molecule has 0 atom stereocenters. The Morgan fingerprint density at radius 2 is 1.88 bits per heavy atom. The van der Waals surface area contributed by atoms with Gasteiger partial charge in [0, 0.05) is 16.5 Å². The molecule has 2 heterocycles. The van der Waals surface area contributed by atoms with E-state index in [2.05, 4.69) is 15.4 Å². The first-order chi connectivity index (χ1) is 12.6. The average molecular weight is 368 g/mol. The molecular formula is C18H13FN4O2S. The van der Waals surface area contributed by atoms with E-state index in [4.69, 9.17) is 4.74 Å². The second-order valence-corrected chi connectivity index (χ2v) is 6.28. The second-order valence-electron chi connectivity index (χ2n) is 5.44. The van der Waals surface area contributed by atoms with Gasteiger partial charge in [0.15, 0.2) is 0 Å². The summed E-state index contributed by atoms with van der Waals surface area (Å²) in [5.74, 6) is 0.174. The predicted molar refractivity (Wildman–Crippen MR) is 97.2 cm³/mol. The smallest absolute Gasteiger partial charge is 0.258 e. The van der Waals surface area contributed by atoms with Crippen molar-refractivity contribution in [1.82, 2.24) is 14.6 Å². The zero-order valence-corrected chi connectivity index (χ0v) is 14.5. The standard InChI is InChI=1S/C18H13FN4O2S/c1-25-14-8-4-11(5-9-14)15-10-26-18-21-17(22-23(15)18)20-16(24)12-2-6-13(19)7-3-12/h2-10H,1H3,(H,20,22,24). The first-order valence-electron chi connectivity index (χ1n) is 7.69. The summed E-state index contributed by atoms with van der Waals surface area (Å²) in [6.07, 6.45) is 0. The number of hydrogen-bond donors (Lipinski definition) is 1. The van der Waals surface area contributed by atoms with Crippen LogP contribution in [0.5, 0.6) is 5.75 Å². The Morgan fingerprint density at radius 1 is 1.15 bits per heavy atom. The van der Waals surface area contributed by atoms with Gasteiger partial charge in [-0.15, -0.1) is 16.4 Å². The van der Waals surface area contributed by atoms with Crippen molar-refractivity contribution in [1.29, 1.82) is 0 Å². The molecule has 0 aliphatic carbocycles. The summed E-state index contributed by atoms with van der Waals surface area (Å²) in [7, 11) is 1.62. The Bertz CT molecular complexity index is 1070. The summed E-state index contributed by atoms with van der Waals surface area (Å²) in [5, 5.41) is 8.93. The zero-order chi connectivity index (χ0) is 18.1. The number of halogens is 1. The molecule has 4 aromatic rings. The molecule has 0 fully saturated rings. The second kappa shape index (κ2) is 6.57. The fraction of sp³-hybridized carbons (Fsp3) is 0.0556. The monoisotopic (exact) mass is 368 g/mol. The number of aromatic nitrogens is 3. The number of carbonyl (C=O) groups excluding carboxylic acids is 1. The summed E-state index contributed by atoms with van der Waals surface area (Å²) < 4.78 is 19.8. The van der Waals surface area contributed by atoms with Gasteiger partial charge in [0.05, 0.1) is 12.8 Å². The normalized spacial score (nSPS) is 10.8. The van der Waals surface area contributed by atoms with E-state index in [1.807, 2.05) is 29.6 Å². The van der Waals surface area contributed by atoms with E-state index in [-0.39, 0.29) is 5.95 Å². The van der Waals surface area contributed by atoms with Crippen molar-refractivity contribution in [2.45, 2.75) is 0 Å². The third kappa shape index (κ3) is 3.02. The minimum Gasteiger partial charge on any atom is -0.497 e. The van der Waals surface area contributed by atoms with E-state index in [0.29, 0.717) is 10.5 Å². The number of thiazole rings is 1. The summed E-state index contributed by atoms with van der Waals surface area (Å²) >= 11 is 1.42. The maximum atomic E-state index is 13.0. The molecule has 0 aliphatic rings. The lowest BCUT2D eigenvalue weighted by molar-refractivity contribution is 0.102. The highest BCUT2D eigenvalue weighted by Crippen LogP contribution is 2.27. The lowest BCUT2D eigenvalue weighted by Gasteiger charge is -2.02. The zero-order valence-electron chi connectivity index (χ0n) is 13.6. The van der Waals surface area contributed by atoms with E-state index < -0.39 is 11.7 Å². The van der Waals surface area contributed by atoms with Gasteiger partial charge < -0.3 is 4.74 Å². The lowest BCUT2D eigenvalue weighted by atomic mass is 10.2. The molecule has 8 heteroatoms. The Kier molecular flexibility index (Phi) is 4.10. The summed E-state index contributed by atoms with van der Waals surface area (Å²) in [6.45, 7) is 0. The molecule has 0 unspecified atom stereocenters. The molecule has 0 radical (unpaired) electrons. The number of ether oxygens (including phenoxy) is 1. The van der Waals surface area contributed by atoms with Crippen molar-refractivity contribution in [3.63, 3.8) is 0 Å². The van der Waals surface area contributed by atoms with Crippen molar-refractivity contribution >= 4 is 28.2 Å². The molecule has 2 aromatic heterocycles. The number of carbonyl (C=O) groups is 1. The Labute approximate surface area is 151 Å². The molecule has 0 saturated heterocycles. The van der Waals surface area contributed by atoms with Gasteiger partial charge in [0.1, 0.15) is 11.6 Å². The topological polar surface area (TPSA) is 68.5 Å². The van der Waals surface area contributed by atoms with Crippen molar-refractivity contribution < 1.29 is 13.9 Å². The Hall–Kier alpha value is -3.26. The number of nitrogens with one attached hydrogen (secondary N) is 1. The van der Waals surface area contributed by atoms with Crippen LogP contribution in [0.15, 0.2) is 53.9 Å². The SMILES string of the molecule is COc1ccc(-c2csc3nc(NC(=O)c4ccc(F)cc4)nn23)cc1. The van der Waals surface area contributed by atoms with Crippen LogP contribution in [0.2, 0.25) is 0 Å². The van der Waals surface area contributed by atoms with Crippen LogP contribution in [0.4, 0.5) is 10.3 Å². The first kappa shape index (κ1) is 16.2. The van der Waals surface area contributed by atoms with E-state index in [1.165, 1.54) is 35.6 Å². The molecule has 1 amide bonds. The minimum absolute atomic E-state index is 0.195. The van der Waals surface area contributed by atoms with Gasteiger partial charge in [-0.05, 0) is 48.5 Å². The molecule has 0 spiro atoms. The van der Waals surface area contributed by atoms with Crippen LogP contribution in [-0.2, 0) is 0 Å². The van der Waals surface area contributed by atoms with Gasteiger partial charge >= 0.3 is 0 Å². The lowest BCUT2D eigenvalue weighted by Crippen LogP contribution is -2.13. The highest BCUT2D eigenvalue weighted by Gasteiger charge is 2.14. The minimum atomic E-state index is -0.397. The number of hydrogen-bond acceptors (Lipinski definition) is 5. The number of rotatable bonds is 4. The van der Waals surface area contributed by atoms with Crippen LogP contribution in [0, 0.1) is 5.82 Å². The van der Waals surface area contributed by atoms with E-state index in [0.717, 1.165) is 17.0 Å². The van der Waals surface area contributed by atoms with Crippen LogP contribution >= 0.6 is 11.3 Å². The van der Waals surface area contributed by atoms with Crippen LogP contribution < -0.4 is 10.1 Å². The van der Waals surface area contributed by atoms with Crippen molar-refractivity contribution in [3.8, 4) is 17.0 Å². The van der Waals surface area contributed by atoms with Gasteiger partial charge in [-0.2, -0.15) is 4.98 Å². The molecule has 130 valence electrons. The molecule has 26 heavy (non-hydrogen) atoms. The number of benzene rings is 2. The Balaban J connectivity index is 1.61. The molecule has 0 saturated carbocycles. The number of amides is 1. The molecule has 2 aromatic carbocycles. The van der Waals surface area contributed by atoms with Crippen molar-refractivity contribution in [3.05, 3.63) is 65.3 Å². The van der Waals surface area contributed by atoms with E-state index in [9.17, 15) is 9.18 Å². The van der Waals surface area contributed by atoms with Gasteiger partial charge in [-0.3, -0.25) is 10.1 Å². The quantitative estimate of drug-likeness (QED) is 0.594. The Morgan fingerprint density at radius 3 is 2.58 bits per heavy atom. The molecule has 1 N–H and O–H groups in total. The van der Waals surface area contributed by atoms with Gasteiger partial charge in [-0.1, -0.05) is 0 Å². The largest absolute Gasteiger partial charge is 0.497 e. The van der Waals surface area contributed by atoms with Crippen LogP contribution in [0.3, 0.4) is 0 Å². The van der Waals surface area contributed by atoms with Crippen molar-refractivity contribution in [2.75, 3.05) is 12.4 Å². The van der Waals surface area contributed by atoms with Gasteiger partial charge in [0.2, 0.25) is 4.96 Å². The third-order valence-corrected chi connectivity index (χ3v) is 4.62.